The van der Waals surface area contributed by atoms with Gasteiger partial charge in [-0.15, -0.1) is 12.4 Å². The fourth-order valence-corrected chi connectivity index (χ4v) is 2.43. The molecule has 1 aromatic rings. The number of fused-ring (bicyclic) bond motifs is 3. The van der Waals surface area contributed by atoms with Crippen LogP contribution in [-0.2, 0) is 25.9 Å². The largest absolute Gasteiger partial charge is 0.332 e. The summed E-state index contributed by atoms with van der Waals surface area (Å²) in [5.74, 6) is 1.33. The molecule has 0 saturated heterocycles. The van der Waals surface area contributed by atoms with Crippen LogP contribution in [0.15, 0.2) is 0 Å². The molecule has 78 valence electrons. The highest BCUT2D eigenvalue weighted by Gasteiger charge is 2.20. The van der Waals surface area contributed by atoms with Gasteiger partial charge in [-0.25, -0.2) is 4.98 Å². The van der Waals surface area contributed by atoms with E-state index in [2.05, 4.69) is 9.88 Å². The van der Waals surface area contributed by atoms with Gasteiger partial charge in [-0.2, -0.15) is 0 Å². The molecule has 0 amide bonds. The second-order valence-electron chi connectivity index (χ2n) is 3.96. The molecule has 2 aliphatic rings. The lowest BCUT2D eigenvalue weighted by Crippen LogP contribution is -2.25. The predicted octanol–water partition coefficient (Wildman–Crippen LogP) is 1.29. The van der Waals surface area contributed by atoms with Gasteiger partial charge in [0.05, 0.1) is 5.69 Å². The van der Waals surface area contributed by atoms with Crippen molar-refractivity contribution in [3.63, 3.8) is 0 Å². The van der Waals surface area contributed by atoms with Crippen molar-refractivity contribution in [2.45, 2.75) is 38.8 Å². The highest BCUT2D eigenvalue weighted by molar-refractivity contribution is 5.85. The third-order valence-electron chi connectivity index (χ3n) is 3.10. The smallest absolute Gasteiger partial charge is 0.109 e. The second kappa shape index (κ2) is 3.91. The third kappa shape index (κ3) is 1.44. The van der Waals surface area contributed by atoms with Crippen LogP contribution in [0.3, 0.4) is 0 Å². The van der Waals surface area contributed by atoms with Gasteiger partial charge >= 0.3 is 0 Å². The Kier molecular flexibility index (Phi) is 2.79. The normalized spacial score (nSPS) is 19.4. The molecular weight excluding hydrogens is 198 g/mol. The zero-order valence-electron chi connectivity index (χ0n) is 8.25. The van der Waals surface area contributed by atoms with E-state index in [1.54, 1.807) is 0 Å². The molecule has 4 heteroatoms. The van der Waals surface area contributed by atoms with Gasteiger partial charge in [-0.3, -0.25) is 0 Å². The van der Waals surface area contributed by atoms with Crippen LogP contribution in [0.1, 0.15) is 30.1 Å². The lowest BCUT2D eigenvalue weighted by Gasteiger charge is -2.18. The van der Waals surface area contributed by atoms with E-state index in [0.717, 1.165) is 13.1 Å². The maximum atomic E-state index is 4.69. The van der Waals surface area contributed by atoms with Crippen LogP contribution in [0, 0.1) is 0 Å². The predicted molar refractivity (Wildman–Crippen MR) is 57.8 cm³/mol. The topological polar surface area (TPSA) is 29.9 Å². The van der Waals surface area contributed by atoms with Crippen molar-refractivity contribution in [1.29, 1.82) is 0 Å². The molecule has 0 saturated carbocycles. The number of aromatic nitrogens is 2. The molecule has 3 nitrogen and oxygen atoms in total. The van der Waals surface area contributed by atoms with Gasteiger partial charge in [0.1, 0.15) is 5.82 Å². The number of rotatable bonds is 0. The van der Waals surface area contributed by atoms with Crippen LogP contribution < -0.4 is 5.32 Å². The molecular formula is C10H16ClN3. The highest BCUT2D eigenvalue weighted by Crippen LogP contribution is 2.21. The van der Waals surface area contributed by atoms with Crippen LogP contribution in [0.25, 0.3) is 0 Å². The van der Waals surface area contributed by atoms with Crippen LogP contribution in [-0.4, -0.2) is 16.1 Å². The van der Waals surface area contributed by atoms with Crippen molar-refractivity contribution in [3.8, 4) is 0 Å². The summed E-state index contributed by atoms with van der Waals surface area (Å²) in [6, 6.07) is 0. The molecule has 2 aliphatic heterocycles. The van der Waals surface area contributed by atoms with Crippen molar-refractivity contribution in [2.24, 2.45) is 0 Å². The molecule has 1 aromatic heterocycles. The summed E-state index contributed by atoms with van der Waals surface area (Å²) < 4.78 is 2.46. The first-order valence-electron chi connectivity index (χ1n) is 5.23. The van der Waals surface area contributed by atoms with Gasteiger partial charge in [-0.05, 0) is 12.8 Å². The quantitative estimate of drug-likeness (QED) is 0.704. The van der Waals surface area contributed by atoms with E-state index >= 15 is 0 Å². The molecule has 0 atom stereocenters. The Morgan fingerprint density at radius 2 is 2.14 bits per heavy atom. The molecule has 14 heavy (non-hydrogen) atoms. The molecule has 0 aromatic carbocycles. The fourth-order valence-electron chi connectivity index (χ4n) is 2.43. The minimum absolute atomic E-state index is 0. The molecule has 1 N–H and O–H groups in total. The fraction of sp³-hybridized carbons (Fsp3) is 0.700. The average Bonchev–Trinajstić information content (AvgIpc) is 2.56. The number of hydrogen-bond donors (Lipinski definition) is 1. The van der Waals surface area contributed by atoms with Crippen molar-refractivity contribution in [1.82, 2.24) is 14.9 Å². The van der Waals surface area contributed by atoms with E-state index in [1.165, 1.54) is 49.4 Å². The minimum atomic E-state index is 0. The molecule has 3 heterocycles. The molecule has 0 bridgehead atoms. The number of nitrogens with zero attached hydrogens (tertiary/aromatic N) is 2. The van der Waals surface area contributed by atoms with E-state index in [4.69, 9.17) is 4.98 Å². The van der Waals surface area contributed by atoms with E-state index in [-0.39, 0.29) is 12.4 Å². The van der Waals surface area contributed by atoms with Crippen molar-refractivity contribution in [3.05, 3.63) is 17.2 Å². The molecule has 0 aliphatic carbocycles. The number of halogens is 1. The molecule has 0 spiro atoms. The van der Waals surface area contributed by atoms with E-state index in [0.29, 0.717) is 0 Å². The van der Waals surface area contributed by atoms with E-state index in [1.807, 2.05) is 0 Å². The standard InChI is InChI=1S/C10H15N3.ClH/c1-2-6-13-9-4-5-11-7-8(9)12-10(13)3-1;/h11H,1-7H2;1H. The van der Waals surface area contributed by atoms with Gasteiger partial charge in [0.15, 0.2) is 0 Å². The van der Waals surface area contributed by atoms with Crippen LogP contribution >= 0.6 is 12.4 Å². The Morgan fingerprint density at radius 1 is 1.21 bits per heavy atom. The van der Waals surface area contributed by atoms with Gasteiger partial charge < -0.3 is 9.88 Å². The average molecular weight is 214 g/mol. The van der Waals surface area contributed by atoms with Crippen LogP contribution in [0.5, 0.6) is 0 Å². The van der Waals surface area contributed by atoms with Crippen LogP contribution in [0.2, 0.25) is 0 Å². The summed E-state index contributed by atoms with van der Waals surface area (Å²) in [6.07, 6.45) is 5.02. The Bertz CT molecular complexity index is 302. The first-order valence-corrected chi connectivity index (χ1v) is 5.23. The lowest BCUT2D eigenvalue weighted by atomic mass is 10.1. The lowest BCUT2D eigenvalue weighted by molar-refractivity contribution is 0.500. The third-order valence-corrected chi connectivity index (χ3v) is 3.10. The summed E-state index contributed by atoms with van der Waals surface area (Å²) in [4.78, 5) is 4.69. The highest BCUT2D eigenvalue weighted by atomic mass is 35.5. The summed E-state index contributed by atoms with van der Waals surface area (Å²) in [7, 11) is 0. The van der Waals surface area contributed by atoms with Crippen LogP contribution in [0.4, 0.5) is 0 Å². The van der Waals surface area contributed by atoms with Crippen molar-refractivity contribution in [2.75, 3.05) is 6.54 Å². The first-order chi connectivity index (χ1) is 6.45. The Labute approximate surface area is 90.3 Å². The molecule has 0 radical (unpaired) electrons. The van der Waals surface area contributed by atoms with Gasteiger partial charge in [0, 0.05) is 38.2 Å². The van der Waals surface area contributed by atoms with E-state index in [9.17, 15) is 0 Å². The van der Waals surface area contributed by atoms with Crippen molar-refractivity contribution >= 4 is 12.4 Å². The van der Waals surface area contributed by atoms with Gasteiger partial charge in [0.2, 0.25) is 0 Å². The molecule has 3 rings (SSSR count). The van der Waals surface area contributed by atoms with Gasteiger partial charge in [0.25, 0.3) is 0 Å². The van der Waals surface area contributed by atoms with Gasteiger partial charge in [-0.1, -0.05) is 0 Å². The number of nitrogens with one attached hydrogen (secondary N) is 1. The second-order valence-corrected chi connectivity index (χ2v) is 3.96. The zero-order valence-corrected chi connectivity index (χ0v) is 9.07. The van der Waals surface area contributed by atoms with Crippen molar-refractivity contribution < 1.29 is 0 Å². The SMILES string of the molecule is C1CCn2c(nc3c2CCNC3)C1.Cl. The number of aryl methyl sites for hydroxylation is 1. The number of hydrogen-bond acceptors (Lipinski definition) is 2. The Balaban J connectivity index is 0.000000750. The summed E-state index contributed by atoms with van der Waals surface area (Å²) in [5.41, 5.74) is 2.82. The maximum Gasteiger partial charge on any atom is 0.109 e. The monoisotopic (exact) mass is 213 g/mol. The van der Waals surface area contributed by atoms with E-state index < -0.39 is 0 Å². The summed E-state index contributed by atoms with van der Waals surface area (Å²) in [5, 5.41) is 3.37. The maximum absolute atomic E-state index is 4.69. The first kappa shape index (κ1) is 9.99. The summed E-state index contributed by atoms with van der Waals surface area (Å²) >= 11 is 0. The minimum Gasteiger partial charge on any atom is -0.332 e. The Morgan fingerprint density at radius 3 is 3.07 bits per heavy atom. The number of imidazole rings is 1. The molecule has 0 fully saturated rings. The Hall–Kier alpha value is -0.540. The molecule has 0 unspecified atom stereocenters. The summed E-state index contributed by atoms with van der Waals surface area (Å²) in [6.45, 7) is 3.31. The zero-order chi connectivity index (χ0) is 8.67.